The molecule has 0 fully saturated rings. The van der Waals surface area contributed by atoms with Crippen LogP contribution in [-0.2, 0) is 4.74 Å². The van der Waals surface area contributed by atoms with Gasteiger partial charge in [-0.2, -0.15) is 4.99 Å². The van der Waals surface area contributed by atoms with Gasteiger partial charge in [-0.15, -0.1) is 0 Å². The maximum absolute atomic E-state index is 10.8. The standard InChI is InChI=1S/C7H13N3O2/c1-3-5(6(8)9)10-7(11)12-4-2/h3-4H2,1-2H3,(H3,8,9). The molecule has 0 aliphatic rings. The van der Waals surface area contributed by atoms with Crippen molar-refractivity contribution in [3.63, 3.8) is 0 Å². The van der Waals surface area contributed by atoms with Gasteiger partial charge in [0.05, 0.1) is 12.3 Å². The number of nitrogens with zero attached hydrogens (tertiary/aromatic N) is 1. The van der Waals surface area contributed by atoms with Crippen molar-refractivity contribution in [3.8, 4) is 0 Å². The quantitative estimate of drug-likeness (QED) is 0.489. The van der Waals surface area contributed by atoms with Crippen molar-refractivity contribution in [2.45, 2.75) is 20.3 Å². The first-order chi connectivity index (χ1) is 5.61. The molecule has 3 N–H and O–H groups in total. The van der Waals surface area contributed by atoms with E-state index in [4.69, 9.17) is 11.1 Å². The number of ether oxygens (including phenoxy) is 1. The summed E-state index contributed by atoms with van der Waals surface area (Å²) in [6.45, 7) is 3.73. The van der Waals surface area contributed by atoms with Crippen LogP contribution in [0, 0.1) is 5.41 Å². The lowest BCUT2D eigenvalue weighted by Crippen LogP contribution is -2.23. The van der Waals surface area contributed by atoms with E-state index in [0.29, 0.717) is 6.42 Å². The molecule has 0 aromatic heterocycles. The van der Waals surface area contributed by atoms with Crippen molar-refractivity contribution >= 4 is 17.6 Å². The first-order valence-corrected chi connectivity index (χ1v) is 3.70. The lowest BCUT2D eigenvalue weighted by Gasteiger charge is -1.99. The van der Waals surface area contributed by atoms with Gasteiger partial charge >= 0.3 is 6.09 Å². The van der Waals surface area contributed by atoms with Crippen LogP contribution in [0.5, 0.6) is 0 Å². The number of hydrogen-bond donors (Lipinski definition) is 2. The maximum Gasteiger partial charge on any atom is 0.433 e. The van der Waals surface area contributed by atoms with Crippen molar-refractivity contribution < 1.29 is 9.53 Å². The number of nitrogens with one attached hydrogen (secondary N) is 1. The van der Waals surface area contributed by atoms with Gasteiger partial charge in [-0.25, -0.2) is 4.79 Å². The Morgan fingerprint density at radius 3 is 2.50 bits per heavy atom. The van der Waals surface area contributed by atoms with E-state index in [-0.39, 0.29) is 18.2 Å². The van der Waals surface area contributed by atoms with E-state index in [1.54, 1.807) is 13.8 Å². The molecule has 1 amide bonds. The van der Waals surface area contributed by atoms with Gasteiger partial charge < -0.3 is 10.5 Å². The Hall–Kier alpha value is -1.39. The van der Waals surface area contributed by atoms with Crippen molar-refractivity contribution in [1.29, 1.82) is 5.41 Å². The van der Waals surface area contributed by atoms with Crippen LogP contribution in [0.15, 0.2) is 4.99 Å². The number of carbonyl (C=O) groups excluding carboxylic acids is 1. The smallest absolute Gasteiger partial charge is 0.433 e. The summed E-state index contributed by atoms with van der Waals surface area (Å²) < 4.78 is 4.55. The van der Waals surface area contributed by atoms with Crippen LogP contribution in [0.4, 0.5) is 4.79 Å². The highest BCUT2D eigenvalue weighted by atomic mass is 16.5. The third-order valence-corrected chi connectivity index (χ3v) is 1.14. The molecule has 0 bridgehead atoms. The zero-order valence-corrected chi connectivity index (χ0v) is 7.26. The highest BCUT2D eigenvalue weighted by molar-refractivity contribution is 6.40. The van der Waals surface area contributed by atoms with Gasteiger partial charge in [-0.3, -0.25) is 5.41 Å². The fourth-order valence-corrected chi connectivity index (χ4v) is 0.596. The summed E-state index contributed by atoms with van der Waals surface area (Å²) in [5.74, 6) is -0.189. The largest absolute Gasteiger partial charge is 0.448 e. The molecule has 12 heavy (non-hydrogen) atoms. The second-order valence-corrected chi connectivity index (χ2v) is 2.02. The lowest BCUT2D eigenvalue weighted by molar-refractivity contribution is 0.163. The number of amides is 1. The Labute approximate surface area is 71.1 Å². The average Bonchev–Trinajstić information content (AvgIpc) is 2.00. The lowest BCUT2D eigenvalue weighted by atomic mass is 10.3. The average molecular weight is 171 g/mol. The van der Waals surface area contributed by atoms with E-state index in [9.17, 15) is 4.79 Å². The molecule has 0 spiro atoms. The van der Waals surface area contributed by atoms with Crippen LogP contribution >= 0.6 is 0 Å². The molecule has 0 aromatic rings. The minimum absolute atomic E-state index is 0.189. The normalized spacial score (nSPS) is 11.0. The van der Waals surface area contributed by atoms with Gasteiger partial charge in [0, 0.05) is 0 Å². The molecule has 5 heteroatoms. The summed E-state index contributed by atoms with van der Waals surface area (Å²) in [5.41, 5.74) is 5.39. The van der Waals surface area contributed by atoms with Gasteiger partial charge in [0.2, 0.25) is 0 Å². The summed E-state index contributed by atoms with van der Waals surface area (Å²) >= 11 is 0. The third-order valence-electron chi connectivity index (χ3n) is 1.14. The highest BCUT2D eigenvalue weighted by Gasteiger charge is 2.04. The summed E-state index contributed by atoms with van der Waals surface area (Å²) in [6, 6.07) is 0. The van der Waals surface area contributed by atoms with Gasteiger partial charge in [-0.1, -0.05) is 6.92 Å². The second kappa shape index (κ2) is 5.29. The summed E-state index contributed by atoms with van der Waals surface area (Å²) in [7, 11) is 0. The molecule has 0 unspecified atom stereocenters. The molecule has 0 radical (unpaired) electrons. The Morgan fingerprint density at radius 2 is 2.17 bits per heavy atom. The molecule has 0 saturated carbocycles. The number of amidine groups is 1. The van der Waals surface area contributed by atoms with Crippen molar-refractivity contribution in [1.82, 2.24) is 0 Å². The molecule has 0 aliphatic carbocycles. The fraction of sp³-hybridized carbons (Fsp3) is 0.571. The number of hydrogen-bond acceptors (Lipinski definition) is 3. The van der Waals surface area contributed by atoms with Gasteiger partial charge in [0.25, 0.3) is 0 Å². The van der Waals surface area contributed by atoms with Crippen molar-refractivity contribution in [2.24, 2.45) is 10.7 Å². The predicted molar refractivity (Wildman–Crippen MR) is 46.7 cm³/mol. The maximum atomic E-state index is 10.8. The number of aliphatic imine (C=N–C) groups is 1. The zero-order chi connectivity index (χ0) is 9.56. The molecule has 0 aromatic carbocycles. The minimum atomic E-state index is -0.690. The van der Waals surface area contributed by atoms with E-state index in [1.165, 1.54) is 0 Å². The topological polar surface area (TPSA) is 88.5 Å². The van der Waals surface area contributed by atoms with E-state index in [1.807, 2.05) is 0 Å². The molecule has 68 valence electrons. The van der Waals surface area contributed by atoms with Crippen LogP contribution < -0.4 is 5.73 Å². The van der Waals surface area contributed by atoms with E-state index in [0.717, 1.165) is 0 Å². The van der Waals surface area contributed by atoms with E-state index < -0.39 is 6.09 Å². The summed E-state index contributed by atoms with van der Waals surface area (Å²) in [5, 5.41) is 7.02. The molecule has 0 atom stereocenters. The fourth-order valence-electron chi connectivity index (χ4n) is 0.596. The zero-order valence-electron chi connectivity index (χ0n) is 7.26. The monoisotopic (exact) mass is 171 g/mol. The molecule has 0 aliphatic heterocycles. The molecule has 0 heterocycles. The molecular formula is C7H13N3O2. The van der Waals surface area contributed by atoms with Crippen LogP contribution in [0.3, 0.4) is 0 Å². The first kappa shape index (κ1) is 10.6. The molecule has 5 nitrogen and oxygen atoms in total. The first-order valence-electron chi connectivity index (χ1n) is 3.70. The highest BCUT2D eigenvalue weighted by Crippen LogP contribution is 1.90. The Bertz CT molecular complexity index is 211. The van der Waals surface area contributed by atoms with Crippen LogP contribution in [0.1, 0.15) is 20.3 Å². The number of carbonyl (C=O) groups is 1. The van der Waals surface area contributed by atoms with Crippen LogP contribution in [0.25, 0.3) is 0 Å². The minimum Gasteiger partial charge on any atom is -0.448 e. The molecule has 0 rings (SSSR count). The van der Waals surface area contributed by atoms with Gasteiger partial charge in [0.1, 0.15) is 5.84 Å². The SMILES string of the molecule is CCOC(=O)N=C(CC)C(=N)N. The van der Waals surface area contributed by atoms with Gasteiger partial charge in [-0.05, 0) is 13.3 Å². The van der Waals surface area contributed by atoms with E-state index >= 15 is 0 Å². The Kier molecular flexibility index (Phi) is 4.67. The Balaban J connectivity index is 4.28. The molecular weight excluding hydrogens is 158 g/mol. The molecule has 0 saturated heterocycles. The van der Waals surface area contributed by atoms with Crippen molar-refractivity contribution in [3.05, 3.63) is 0 Å². The second-order valence-electron chi connectivity index (χ2n) is 2.02. The van der Waals surface area contributed by atoms with Crippen LogP contribution in [0.2, 0.25) is 0 Å². The summed E-state index contributed by atoms with van der Waals surface area (Å²) in [4.78, 5) is 14.2. The summed E-state index contributed by atoms with van der Waals surface area (Å²) in [6.07, 6.45) is -0.238. The third kappa shape index (κ3) is 3.70. The number of rotatable bonds is 3. The van der Waals surface area contributed by atoms with Crippen molar-refractivity contribution in [2.75, 3.05) is 6.61 Å². The number of nitrogens with two attached hydrogens (primary N) is 1. The van der Waals surface area contributed by atoms with Crippen LogP contribution in [-0.4, -0.2) is 24.2 Å². The van der Waals surface area contributed by atoms with E-state index in [2.05, 4.69) is 9.73 Å². The Morgan fingerprint density at radius 1 is 1.58 bits per heavy atom. The van der Waals surface area contributed by atoms with Gasteiger partial charge in [0.15, 0.2) is 0 Å². The predicted octanol–water partition coefficient (Wildman–Crippen LogP) is 0.930.